The molecule has 0 aliphatic heterocycles. The van der Waals surface area contributed by atoms with E-state index in [1.807, 2.05) is 0 Å². The number of carbonyl (C=O) groups excluding carboxylic acids is 1. The van der Waals surface area contributed by atoms with E-state index in [9.17, 15) is 28.0 Å². The van der Waals surface area contributed by atoms with Gasteiger partial charge < -0.3 is 15.5 Å². The molecule has 0 aromatic carbocycles. The smallest absolute Gasteiger partial charge is 0.266 e. The fourth-order valence-electron chi connectivity index (χ4n) is 6.57. The summed E-state index contributed by atoms with van der Waals surface area (Å²) in [7, 11) is -4.40. The van der Waals surface area contributed by atoms with Crippen molar-refractivity contribution in [1.82, 2.24) is 5.32 Å². The lowest BCUT2D eigenvalue weighted by Crippen LogP contribution is -2.50. The SMILES string of the molecule is CCCCCCCCCCCCC/C=C\CCCCCCCCC(O)C(=O)NC(CS(=O)(=O)O)C(O)CCCCCCCCCCCCC. The molecule has 0 rings (SSSR count). The maximum atomic E-state index is 12.6. The second-order valence-corrected chi connectivity index (χ2v) is 16.3. The Labute approximate surface area is 304 Å². The molecule has 4 N–H and O–H groups in total. The number of allylic oxidation sites excluding steroid dienone is 2. The Balaban J connectivity index is 3.91. The van der Waals surface area contributed by atoms with E-state index in [1.54, 1.807) is 0 Å². The van der Waals surface area contributed by atoms with Gasteiger partial charge in [-0.15, -0.1) is 0 Å². The lowest BCUT2D eigenvalue weighted by Gasteiger charge is -2.24. The zero-order chi connectivity index (χ0) is 36.3. The number of amides is 1. The fourth-order valence-corrected chi connectivity index (χ4v) is 7.33. The van der Waals surface area contributed by atoms with Gasteiger partial charge in [0, 0.05) is 0 Å². The Morgan fingerprint density at radius 1 is 0.531 bits per heavy atom. The fraction of sp³-hybridized carbons (Fsp3) is 0.927. The van der Waals surface area contributed by atoms with Crippen LogP contribution in [-0.4, -0.2) is 53.1 Å². The van der Waals surface area contributed by atoms with Crippen LogP contribution in [0.2, 0.25) is 0 Å². The maximum absolute atomic E-state index is 12.6. The van der Waals surface area contributed by atoms with E-state index in [0.717, 1.165) is 44.9 Å². The molecule has 0 aliphatic carbocycles. The van der Waals surface area contributed by atoms with Gasteiger partial charge >= 0.3 is 0 Å². The third kappa shape index (κ3) is 35.2. The summed E-state index contributed by atoms with van der Waals surface area (Å²) >= 11 is 0. The van der Waals surface area contributed by atoms with E-state index in [0.29, 0.717) is 25.7 Å². The molecule has 49 heavy (non-hydrogen) atoms. The van der Waals surface area contributed by atoms with Crippen molar-refractivity contribution in [2.75, 3.05) is 5.75 Å². The molecule has 8 heteroatoms. The Morgan fingerprint density at radius 3 is 1.22 bits per heavy atom. The van der Waals surface area contributed by atoms with Crippen LogP contribution >= 0.6 is 0 Å². The number of hydrogen-bond donors (Lipinski definition) is 4. The summed E-state index contributed by atoms with van der Waals surface area (Å²) in [6.07, 6.45) is 39.5. The van der Waals surface area contributed by atoms with Crippen molar-refractivity contribution in [2.24, 2.45) is 0 Å². The minimum atomic E-state index is -4.40. The first kappa shape index (κ1) is 48.0. The second-order valence-electron chi connectivity index (χ2n) is 14.8. The molecule has 0 aromatic heterocycles. The highest BCUT2D eigenvalue weighted by Gasteiger charge is 2.28. The molecular formula is C41H81NO6S. The van der Waals surface area contributed by atoms with Crippen LogP contribution in [-0.2, 0) is 14.9 Å². The van der Waals surface area contributed by atoms with Gasteiger partial charge in [-0.25, -0.2) is 0 Å². The summed E-state index contributed by atoms with van der Waals surface area (Å²) in [5.41, 5.74) is 0. The van der Waals surface area contributed by atoms with Gasteiger partial charge in [0.15, 0.2) is 0 Å². The summed E-state index contributed by atoms with van der Waals surface area (Å²) in [6.45, 7) is 4.50. The predicted octanol–water partition coefficient (Wildman–Crippen LogP) is 11.2. The molecule has 0 heterocycles. The van der Waals surface area contributed by atoms with Crippen molar-refractivity contribution in [1.29, 1.82) is 0 Å². The van der Waals surface area contributed by atoms with Gasteiger partial charge in [-0.2, -0.15) is 8.42 Å². The van der Waals surface area contributed by atoms with E-state index in [4.69, 9.17) is 0 Å². The molecule has 0 saturated carbocycles. The van der Waals surface area contributed by atoms with E-state index in [-0.39, 0.29) is 0 Å². The minimum absolute atomic E-state index is 0.293. The minimum Gasteiger partial charge on any atom is -0.391 e. The van der Waals surface area contributed by atoms with Gasteiger partial charge in [0.25, 0.3) is 10.1 Å². The number of nitrogens with one attached hydrogen (secondary N) is 1. The van der Waals surface area contributed by atoms with Gasteiger partial charge in [0.1, 0.15) is 6.10 Å². The highest BCUT2D eigenvalue weighted by atomic mass is 32.2. The maximum Gasteiger partial charge on any atom is 0.266 e. The van der Waals surface area contributed by atoms with E-state index in [1.165, 1.54) is 135 Å². The third-order valence-electron chi connectivity index (χ3n) is 9.83. The highest BCUT2D eigenvalue weighted by molar-refractivity contribution is 7.85. The van der Waals surface area contributed by atoms with Crippen molar-refractivity contribution in [3.63, 3.8) is 0 Å². The van der Waals surface area contributed by atoms with Crippen LogP contribution in [0.1, 0.15) is 219 Å². The number of hydrogen-bond acceptors (Lipinski definition) is 5. The van der Waals surface area contributed by atoms with E-state index in [2.05, 4.69) is 31.3 Å². The lowest BCUT2D eigenvalue weighted by atomic mass is 10.0. The molecule has 7 nitrogen and oxygen atoms in total. The van der Waals surface area contributed by atoms with E-state index < -0.39 is 40.0 Å². The van der Waals surface area contributed by atoms with Gasteiger partial charge in [-0.1, -0.05) is 193 Å². The molecule has 0 saturated heterocycles. The third-order valence-corrected chi connectivity index (χ3v) is 10.6. The first-order valence-corrected chi connectivity index (χ1v) is 22.6. The summed E-state index contributed by atoms with van der Waals surface area (Å²) in [6, 6.07) is -1.14. The quantitative estimate of drug-likeness (QED) is 0.0286. The average molecular weight is 716 g/mol. The topological polar surface area (TPSA) is 124 Å². The lowest BCUT2D eigenvalue weighted by molar-refractivity contribution is -0.131. The second kappa shape index (κ2) is 35.4. The van der Waals surface area contributed by atoms with Crippen LogP contribution in [0.4, 0.5) is 0 Å². The largest absolute Gasteiger partial charge is 0.391 e. The molecule has 3 atom stereocenters. The van der Waals surface area contributed by atoms with Crippen LogP contribution in [0.5, 0.6) is 0 Å². The van der Waals surface area contributed by atoms with Crippen molar-refractivity contribution in [2.45, 2.75) is 238 Å². The van der Waals surface area contributed by atoms with Crippen LogP contribution in [0.3, 0.4) is 0 Å². The van der Waals surface area contributed by atoms with Crippen molar-refractivity contribution < 1.29 is 28.0 Å². The summed E-state index contributed by atoms with van der Waals surface area (Å²) in [5, 5.41) is 23.5. The molecule has 0 radical (unpaired) electrons. The molecule has 3 unspecified atom stereocenters. The van der Waals surface area contributed by atoms with Crippen LogP contribution < -0.4 is 5.32 Å². The monoisotopic (exact) mass is 716 g/mol. The first-order valence-electron chi connectivity index (χ1n) is 21.0. The molecule has 0 bridgehead atoms. The molecule has 0 aliphatic rings. The van der Waals surface area contributed by atoms with Crippen LogP contribution in [0, 0.1) is 0 Å². The van der Waals surface area contributed by atoms with E-state index >= 15 is 0 Å². The Morgan fingerprint density at radius 2 is 0.857 bits per heavy atom. The van der Waals surface area contributed by atoms with Crippen molar-refractivity contribution in [3.05, 3.63) is 12.2 Å². The van der Waals surface area contributed by atoms with Gasteiger partial charge in [-0.3, -0.25) is 9.35 Å². The van der Waals surface area contributed by atoms with Gasteiger partial charge in [0.05, 0.1) is 17.9 Å². The van der Waals surface area contributed by atoms with Gasteiger partial charge in [0.2, 0.25) is 5.91 Å². The summed E-state index contributed by atoms with van der Waals surface area (Å²) < 4.78 is 32.5. The average Bonchev–Trinajstić information content (AvgIpc) is 3.06. The molecular weight excluding hydrogens is 635 g/mol. The zero-order valence-electron chi connectivity index (χ0n) is 32.2. The number of aliphatic hydroxyl groups is 2. The van der Waals surface area contributed by atoms with Crippen molar-refractivity contribution in [3.8, 4) is 0 Å². The van der Waals surface area contributed by atoms with Gasteiger partial charge in [-0.05, 0) is 38.5 Å². The molecule has 0 spiro atoms. The number of aliphatic hydroxyl groups excluding tert-OH is 2. The van der Waals surface area contributed by atoms with Crippen molar-refractivity contribution >= 4 is 16.0 Å². The molecule has 292 valence electrons. The Kier molecular flexibility index (Phi) is 34.7. The number of rotatable bonds is 38. The zero-order valence-corrected chi connectivity index (χ0v) is 33.0. The first-order chi connectivity index (χ1) is 23.7. The molecule has 0 aromatic rings. The molecule has 1 amide bonds. The summed E-state index contributed by atoms with van der Waals surface area (Å²) in [5.74, 6) is -1.45. The highest BCUT2D eigenvalue weighted by Crippen LogP contribution is 2.16. The number of unbranched alkanes of at least 4 members (excludes halogenated alkanes) is 27. The normalized spacial score (nSPS) is 14.0. The Hall–Kier alpha value is -0.960. The molecule has 0 fully saturated rings. The van der Waals surface area contributed by atoms with Crippen LogP contribution in [0.15, 0.2) is 12.2 Å². The summed E-state index contributed by atoms with van der Waals surface area (Å²) in [4.78, 5) is 12.6. The van der Waals surface area contributed by atoms with Crippen LogP contribution in [0.25, 0.3) is 0 Å². The Bertz CT molecular complexity index is 849. The standard InChI is InChI=1S/C41H81NO6S/c1-3-5-7-9-11-13-15-16-17-18-19-20-21-22-23-24-26-28-30-32-34-36-40(44)41(45)42-38(37-49(46,47)48)39(43)35-33-31-29-27-25-14-12-10-8-6-4-2/h21-22,38-40,43-44H,3-20,23-37H2,1-2H3,(H,42,45)(H,46,47,48)/b22-21-. The predicted molar refractivity (Wildman–Crippen MR) is 209 cm³/mol. The number of carbonyl (C=O) groups is 1.